The summed E-state index contributed by atoms with van der Waals surface area (Å²) < 4.78 is 5.22. The number of nitrogens with zero attached hydrogens (tertiary/aromatic N) is 2. The molecule has 8 nitrogen and oxygen atoms in total. The first-order valence-electron chi connectivity index (χ1n) is 8.11. The van der Waals surface area contributed by atoms with Crippen molar-refractivity contribution in [2.75, 3.05) is 5.32 Å². The van der Waals surface area contributed by atoms with Gasteiger partial charge in [-0.25, -0.2) is 9.59 Å². The number of rotatable bonds is 5. The van der Waals surface area contributed by atoms with E-state index >= 15 is 0 Å². The molecule has 1 amide bonds. The molecule has 0 radical (unpaired) electrons. The van der Waals surface area contributed by atoms with Gasteiger partial charge >= 0.3 is 11.9 Å². The molecule has 3 rings (SSSR count). The fraction of sp³-hybridized carbons (Fsp3) is 0.105. The SMILES string of the molecule is CC(OC(=O)c1cccc2nccnc12)C(=O)Nc1cc(C(=O)O)ccc1Cl. The summed E-state index contributed by atoms with van der Waals surface area (Å²) in [4.78, 5) is 44.1. The van der Waals surface area contributed by atoms with Crippen molar-refractivity contribution in [3.05, 3.63) is 64.9 Å². The van der Waals surface area contributed by atoms with E-state index in [4.69, 9.17) is 21.4 Å². The van der Waals surface area contributed by atoms with E-state index in [9.17, 15) is 14.4 Å². The topological polar surface area (TPSA) is 118 Å². The summed E-state index contributed by atoms with van der Waals surface area (Å²) in [7, 11) is 0. The zero-order chi connectivity index (χ0) is 20.3. The third kappa shape index (κ3) is 4.07. The lowest BCUT2D eigenvalue weighted by molar-refractivity contribution is -0.123. The number of hydrogen-bond donors (Lipinski definition) is 2. The molecule has 0 aliphatic rings. The van der Waals surface area contributed by atoms with E-state index in [0.717, 1.165) is 0 Å². The molecule has 2 aromatic carbocycles. The first kappa shape index (κ1) is 19.2. The van der Waals surface area contributed by atoms with Gasteiger partial charge in [-0.2, -0.15) is 0 Å². The predicted octanol–water partition coefficient (Wildman–Crippen LogP) is 3.17. The first-order valence-corrected chi connectivity index (χ1v) is 8.49. The molecule has 0 saturated heterocycles. The van der Waals surface area contributed by atoms with Crippen LogP contribution in [-0.2, 0) is 9.53 Å². The number of benzene rings is 2. The van der Waals surface area contributed by atoms with Crippen molar-refractivity contribution in [2.45, 2.75) is 13.0 Å². The fourth-order valence-corrected chi connectivity index (χ4v) is 2.59. The standard InChI is InChI=1S/C19H14ClN3O5/c1-10(17(24)23-15-9-11(18(25)26)5-6-13(15)20)28-19(27)12-3-2-4-14-16(12)22-8-7-21-14/h2-10H,1H3,(H,23,24)(H,25,26). The molecule has 0 fully saturated rings. The predicted molar refractivity (Wildman–Crippen MR) is 101 cm³/mol. The smallest absolute Gasteiger partial charge is 0.341 e. The summed E-state index contributed by atoms with van der Waals surface area (Å²) in [5.74, 6) is -2.56. The zero-order valence-corrected chi connectivity index (χ0v) is 15.3. The number of carbonyl (C=O) groups excluding carboxylic acids is 2. The Bertz CT molecular complexity index is 1080. The summed E-state index contributed by atoms with van der Waals surface area (Å²) in [5, 5.41) is 11.7. The average molecular weight is 400 g/mol. The molecule has 142 valence electrons. The van der Waals surface area contributed by atoms with Crippen molar-refractivity contribution in [1.82, 2.24) is 9.97 Å². The van der Waals surface area contributed by atoms with Crippen LogP contribution in [0.15, 0.2) is 48.8 Å². The van der Waals surface area contributed by atoms with Gasteiger partial charge in [0.2, 0.25) is 0 Å². The van der Waals surface area contributed by atoms with Crippen molar-refractivity contribution >= 4 is 46.2 Å². The summed E-state index contributed by atoms with van der Waals surface area (Å²) in [6.45, 7) is 1.39. The summed E-state index contributed by atoms with van der Waals surface area (Å²) in [6, 6.07) is 8.74. The van der Waals surface area contributed by atoms with Gasteiger partial charge in [0.1, 0.15) is 5.52 Å². The number of carbonyl (C=O) groups is 3. The minimum absolute atomic E-state index is 0.0429. The quantitative estimate of drug-likeness (QED) is 0.632. The van der Waals surface area contributed by atoms with Crippen LogP contribution in [0.5, 0.6) is 0 Å². The summed E-state index contributed by atoms with van der Waals surface area (Å²) in [6.07, 6.45) is 1.79. The molecule has 0 spiro atoms. The number of para-hydroxylation sites is 1. The van der Waals surface area contributed by atoms with Gasteiger partial charge < -0.3 is 15.2 Å². The molecule has 28 heavy (non-hydrogen) atoms. The molecule has 1 unspecified atom stereocenters. The number of ether oxygens (including phenoxy) is 1. The molecule has 1 aromatic heterocycles. The van der Waals surface area contributed by atoms with Gasteiger partial charge in [0.05, 0.1) is 27.4 Å². The van der Waals surface area contributed by atoms with E-state index in [-0.39, 0.29) is 21.8 Å². The maximum atomic E-state index is 12.5. The number of fused-ring (bicyclic) bond motifs is 1. The van der Waals surface area contributed by atoms with E-state index in [1.54, 1.807) is 12.1 Å². The van der Waals surface area contributed by atoms with Crippen LogP contribution in [0.3, 0.4) is 0 Å². The maximum absolute atomic E-state index is 12.5. The number of halogens is 1. The normalized spacial score (nSPS) is 11.6. The second kappa shape index (κ2) is 8.01. The van der Waals surface area contributed by atoms with E-state index < -0.39 is 23.9 Å². The Hall–Kier alpha value is -3.52. The number of esters is 1. The van der Waals surface area contributed by atoms with Crippen molar-refractivity contribution < 1.29 is 24.2 Å². The lowest BCUT2D eigenvalue weighted by Gasteiger charge is -2.15. The van der Waals surface area contributed by atoms with Crippen LogP contribution >= 0.6 is 11.6 Å². The molecule has 9 heteroatoms. The van der Waals surface area contributed by atoms with Crippen LogP contribution in [0, 0.1) is 0 Å². The van der Waals surface area contributed by atoms with Gasteiger partial charge in [0.15, 0.2) is 6.10 Å². The number of carboxylic acid groups (broad SMARTS) is 1. The summed E-state index contributed by atoms with van der Waals surface area (Å²) in [5.41, 5.74) is 1.12. The van der Waals surface area contributed by atoms with Crippen molar-refractivity contribution in [3.8, 4) is 0 Å². The van der Waals surface area contributed by atoms with Gasteiger partial charge in [0, 0.05) is 12.4 Å². The van der Waals surface area contributed by atoms with Gasteiger partial charge in [0.25, 0.3) is 5.91 Å². The molecule has 3 aromatic rings. The minimum atomic E-state index is -1.16. The molecular formula is C19H14ClN3O5. The molecule has 0 aliphatic heterocycles. The highest BCUT2D eigenvalue weighted by Crippen LogP contribution is 2.24. The van der Waals surface area contributed by atoms with Crippen molar-refractivity contribution in [1.29, 1.82) is 0 Å². The van der Waals surface area contributed by atoms with Gasteiger partial charge in [-0.1, -0.05) is 17.7 Å². The largest absolute Gasteiger partial charge is 0.478 e. The zero-order valence-electron chi connectivity index (χ0n) is 14.5. The van der Waals surface area contributed by atoms with E-state index in [0.29, 0.717) is 11.0 Å². The van der Waals surface area contributed by atoms with Crippen LogP contribution in [0.1, 0.15) is 27.6 Å². The van der Waals surface area contributed by atoms with Crippen LogP contribution in [0.4, 0.5) is 5.69 Å². The number of amides is 1. The van der Waals surface area contributed by atoms with Gasteiger partial charge in [-0.05, 0) is 37.3 Å². The van der Waals surface area contributed by atoms with Crippen molar-refractivity contribution in [2.24, 2.45) is 0 Å². The van der Waals surface area contributed by atoms with Crippen LogP contribution in [-0.4, -0.2) is 39.0 Å². The highest BCUT2D eigenvalue weighted by Gasteiger charge is 2.22. The first-order chi connectivity index (χ1) is 13.4. The fourth-order valence-electron chi connectivity index (χ4n) is 2.42. The Labute approximate surface area is 164 Å². The molecule has 0 bridgehead atoms. The number of anilines is 1. The minimum Gasteiger partial charge on any atom is -0.478 e. The highest BCUT2D eigenvalue weighted by molar-refractivity contribution is 6.34. The third-order valence-corrected chi connectivity index (χ3v) is 4.17. The number of hydrogen-bond acceptors (Lipinski definition) is 6. The monoisotopic (exact) mass is 399 g/mol. The molecule has 2 N–H and O–H groups in total. The van der Waals surface area contributed by atoms with E-state index in [1.165, 1.54) is 43.6 Å². The number of aromatic carboxylic acids is 1. The Morgan fingerprint density at radius 2 is 1.89 bits per heavy atom. The number of aromatic nitrogens is 2. The van der Waals surface area contributed by atoms with Crippen LogP contribution < -0.4 is 5.32 Å². The highest BCUT2D eigenvalue weighted by atomic mass is 35.5. The Morgan fingerprint density at radius 3 is 2.64 bits per heavy atom. The van der Waals surface area contributed by atoms with Gasteiger partial charge in [-0.15, -0.1) is 0 Å². The maximum Gasteiger partial charge on any atom is 0.341 e. The van der Waals surface area contributed by atoms with E-state index in [1.807, 2.05) is 0 Å². The molecule has 0 saturated carbocycles. The Balaban J connectivity index is 1.75. The molecule has 0 aliphatic carbocycles. The van der Waals surface area contributed by atoms with E-state index in [2.05, 4.69) is 15.3 Å². The number of nitrogens with one attached hydrogen (secondary N) is 1. The lowest BCUT2D eigenvalue weighted by atomic mass is 10.1. The average Bonchev–Trinajstić information content (AvgIpc) is 2.68. The second-order valence-corrected chi connectivity index (χ2v) is 6.17. The molecule has 1 heterocycles. The van der Waals surface area contributed by atoms with Crippen LogP contribution in [0.25, 0.3) is 11.0 Å². The van der Waals surface area contributed by atoms with Crippen LogP contribution in [0.2, 0.25) is 5.02 Å². The molecular weight excluding hydrogens is 386 g/mol. The summed E-state index contributed by atoms with van der Waals surface area (Å²) >= 11 is 5.99. The van der Waals surface area contributed by atoms with Gasteiger partial charge in [-0.3, -0.25) is 14.8 Å². The third-order valence-electron chi connectivity index (χ3n) is 3.84. The number of carboxylic acids is 1. The van der Waals surface area contributed by atoms with Crippen molar-refractivity contribution in [3.63, 3.8) is 0 Å². The molecule has 1 atom stereocenters. The Kier molecular flexibility index (Phi) is 5.51. The lowest BCUT2D eigenvalue weighted by Crippen LogP contribution is -2.30. The Morgan fingerprint density at radius 1 is 1.14 bits per heavy atom. The second-order valence-electron chi connectivity index (χ2n) is 5.77.